The molecule has 3 rings (SSSR count). The zero-order valence-corrected chi connectivity index (χ0v) is 17.3. The van der Waals surface area contributed by atoms with Crippen molar-refractivity contribution in [3.8, 4) is 17.2 Å². The van der Waals surface area contributed by atoms with Crippen molar-refractivity contribution in [2.45, 2.75) is 13.8 Å². The van der Waals surface area contributed by atoms with Crippen molar-refractivity contribution in [1.29, 1.82) is 0 Å². The SMILES string of the molecule is COc1ccccc1-n1nc(C)c(Cl)c1C.COc1ccccc1NN.Cl. The zero-order valence-electron chi connectivity index (χ0n) is 15.7. The summed E-state index contributed by atoms with van der Waals surface area (Å²) >= 11 is 6.12. The number of hydrogen-bond acceptors (Lipinski definition) is 5. The van der Waals surface area contributed by atoms with E-state index < -0.39 is 0 Å². The van der Waals surface area contributed by atoms with E-state index in [1.807, 2.05) is 62.4 Å². The van der Waals surface area contributed by atoms with Crippen molar-refractivity contribution < 1.29 is 9.47 Å². The molecule has 3 N–H and O–H groups in total. The van der Waals surface area contributed by atoms with Crippen LogP contribution in [0.4, 0.5) is 5.69 Å². The number of nitrogen functional groups attached to an aromatic ring is 1. The molecule has 0 saturated heterocycles. The fraction of sp³-hybridized carbons (Fsp3) is 0.211. The third-order valence-electron chi connectivity index (χ3n) is 3.78. The normalized spacial score (nSPS) is 9.56. The predicted molar refractivity (Wildman–Crippen MR) is 113 cm³/mol. The molecule has 1 heterocycles. The summed E-state index contributed by atoms with van der Waals surface area (Å²) in [7, 11) is 3.25. The summed E-state index contributed by atoms with van der Waals surface area (Å²) in [4.78, 5) is 0. The summed E-state index contributed by atoms with van der Waals surface area (Å²) in [6.45, 7) is 3.83. The van der Waals surface area contributed by atoms with Gasteiger partial charge in [0, 0.05) is 0 Å². The molecule has 0 spiro atoms. The molecule has 3 aromatic rings. The number of hydrogen-bond donors (Lipinski definition) is 2. The number of benzene rings is 2. The Balaban J connectivity index is 0.000000288. The minimum Gasteiger partial charge on any atom is -0.495 e. The minimum absolute atomic E-state index is 0. The number of ether oxygens (including phenoxy) is 2. The lowest BCUT2D eigenvalue weighted by Gasteiger charge is -2.09. The van der Waals surface area contributed by atoms with Crippen LogP contribution in [0.1, 0.15) is 11.4 Å². The monoisotopic (exact) mass is 410 g/mol. The summed E-state index contributed by atoms with van der Waals surface area (Å²) in [6.07, 6.45) is 0. The zero-order chi connectivity index (χ0) is 19.1. The summed E-state index contributed by atoms with van der Waals surface area (Å²) in [6, 6.07) is 15.2. The van der Waals surface area contributed by atoms with Gasteiger partial charge in [0.05, 0.1) is 36.3 Å². The molecule has 0 fully saturated rings. The molecular weight excluding hydrogens is 387 g/mol. The molecule has 146 valence electrons. The largest absolute Gasteiger partial charge is 0.495 e. The van der Waals surface area contributed by atoms with Gasteiger partial charge in [0.2, 0.25) is 0 Å². The van der Waals surface area contributed by atoms with Gasteiger partial charge in [-0.15, -0.1) is 12.4 Å². The minimum atomic E-state index is 0. The van der Waals surface area contributed by atoms with Gasteiger partial charge < -0.3 is 14.9 Å². The van der Waals surface area contributed by atoms with Crippen LogP contribution < -0.4 is 20.7 Å². The molecule has 0 amide bonds. The van der Waals surface area contributed by atoms with Crippen molar-refractivity contribution >= 4 is 29.7 Å². The van der Waals surface area contributed by atoms with Crippen LogP contribution in [0, 0.1) is 13.8 Å². The van der Waals surface area contributed by atoms with E-state index in [9.17, 15) is 0 Å². The molecule has 0 aliphatic heterocycles. The van der Waals surface area contributed by atoms with E-state index in [4.69, 9.17) is 26.9 Å². The Labute approximate surface area is 170 Å². The van der Waals surface area contributed by atoms with E-state index in [2.05, 4.69) is 10.5 Å². The number of aromatic nitrogens is 2. The second kappa shape index (κ2) is 10.7. The Morgan fingerprint density at radius 1 is 0.963 bits per heavy atom. The third-order valence-corrected chi connectivity index (χ3v) is 4.33. The second-order valence-corrected chi connectivity index (χ2v) is 5.79. The van der Waals surface area contributed by atoms with E-state index in [1.54, 1.807) is 18.9 Å². The van der Waals surface area contributed by atoms with Gasteiger partial charge in [-0.25, -0.2) is 4.68 Å². The van der Waals surface area contributed by atoms with Gasteiger partial charge in [-0.3, -0.25) is 5.84 Å². The topological polar surface area (TPSA) is 74.3 Å². The molecule has 0 radical (unpaired) electrons. The molecule has 0 saturated carbocycles. The molecule has 0 atom stereocenters. The highest BCUT2D eigenvalue weighted by molar-refractivity contribution is 6.31. The van der Waals surface area contributed by atoms with Gasteiger partial charge >= 0.3 is 0 Å². The van der Waals surface area contributed by atoms with Crippen molar-refractivity contribution in [3.63, 3.8) is 0 Å². The van der Waals surface area contributed by atoms with Crippen LogP contribution in [-0.2, 0) is 0 Å². The number of methoxy groups -OCH3 is 2. The molecule has 6 nitrogen and oxygen atoms in total. The molecular formula is C19H24Cl2N4O2. The Bertz CT molecular complexity index is 846. The summed E-state index contributed by atoms with van der Waals surface area (Å²) in [5, 5.41) is 5.09. The van der Waals surface area contributed by atoms with Gasteiger partial charge in [0.15, 0.2) is 0 Å². The van der Waals surface area contributed by atoms with Crippen LogP contribution in [0.2, 0.25) is 5.02 Å². The number of para-hydroxylation sites is 4. The number of nitrogens with two attached hydrogens (primary N) is 1. The van der Waals surface area contributed by atoms with Crippen LogP contribution in [0.25, 0.3) is 5.69 Å². The van der Waals surface area contributed by atoms with Crippen molar-refractivity contribution in [1.82, 2.24) is 9.78 Å². The lowest BCUT2D eigenvalue weighted by Crippen LogP contribution is -2.07. The number of rotatable bonds is 4. The average molecular weight is 411 g/mol. The summed E-state index contributed by atoms with van der Waals surface area (Å²) in [5.74, 6) is 6.73. The van der Waals surface area contributed by atoms with E-state index in [1.165, 1.54) is 0 Å². The molecule has 0 bridgehead atoms. The smallest absolute Gasteiger partial charge is 0.144 e. The maximum atomic E-state index is 6.12. The third kappa shape index (κ3) is 5.29. The highest BCUT2D eigenvalue weighted by atomic mass is 35.5. The van der Waals surface area contributed by atoms with Gasteiger partial charge in [-0.05, 0) is 38.1 Å². The quantitative estimate of drug-likeness (QED) is 0.487. The number of hydrazine groups is 1. The fourth-order valence-electron chi connectivity index (χ4n) is 2.43. The lowest BCUT2D eigenvalue weighted by molar-refractivity contribution is 0.411. The van der Waals surface area contributed by atoms with Crippen LogP contribution in [0.15, 0.2) is 48.5 Å². The maximum absolute atomic E-state index is 6.12. The van der Waals surface area contributed by atoms with Crippen LogP contribution in [0.5, 0.6) is 11.5 Å². The number of nitrogens with one attached hydrogen (secondary N) is 1. The second-order valence-electron chi connectivity index (χ2n) is 5.41. The van der Waals surface area contributed by atoms with Crippen LogP contribution >= 0.6 is 24.0 Å². The Morgan fingerprint density at radius 3 is 2.00 bits per heavy atom. The van der Waals surface area contributed by atoms with E-state index in [0.29, 0.717) is 5.02 Å². The Hall–Kier alpha value is -2.41. The molecule has 1 aromatic heterocycles. The van der Waals surface area contributed by atoms with Gasteiger partial charge in [0.25, 0.3) is 0 Å². The maximum Gasteiger partial charge on any atom is 0.144 e. The van der Waals surface area contributed by atoms with E-state index in [-0.39, 0.29) is 12.4 Å². The molecule has 27 heavy (non-hydrogen) atoms. The van der Waals surface area contributed by atoms with E-state index in [0.717, 1.165) is 34.3 Å². The first kappa shape index (κ1) is 22.6. The van der Waals surface area contributed by atoms with E-state index >= 15 is 0 Å². The highest BCUT2D eigenvalue weighted by Crippen LogP contribution is 2.27. The highest BCUT2D eigenvalue weighted by Gasteiger charge is 2.13. The van der Waals surface area contributed by atoms with Gasteiger partial charge in [-0.1, -0.05) is 35.9 Å². The molecule has 0 aliphatic carbocycles. The lowest BCUT2D eigenvalue weighted by atomic mass is 10.3. The molecule has 0 aliphatic rings. The van der Waals surface area contributed by atoms with Crippen molar-refractivity contribution in [3.05, 3.63) is 64.9 Å². The number of nitrogens with zero attached hydrogens (tertiary/aromatic N) is 2. The fourth-order valence-corrected chi connectivity index (χ4v) is 2.54. The molecule has 8 heteroatoms. The molecule has 2 aromatic carbocycles. The summed E-state index contributed by atoms with van der Waals surface area (Å²) in [5.41, 5.74) is 5.96. The van der Waals surface area contributed by atoms with Gasteiger partial charge in [-0.2, -0.15) is 5.10 Å². The number of anilines is 1. The first-order valence-corrected chi connectivity index (χ1v) is 8.36. The van der Waals surface area contributed by atoms with Gasteiger partial charge in [0.1, 0.15) is 17.2 Å². The molecule has 0 unspecified atom stereocenters. The standard InChI is InChI=1S/C12H13ClN2O.C7H10N2O.ClH/c1-8-12(13)9(2)15(14-8)10-6-4-5-7-11(10)16-3;1-10-7-5-3-2-4-6(7)9-8;/h4-7H,1-3H3;2-5,9H,8H2,1H3;1H. The first-order valence-electron chi connectivity index (χ1n) is 7.98. The summed E-state index contributed by atoms with van der Waals surface area (Å²) < 4.78 is 12.1. The Morgan fingerprint density at radius 2 is 1.52 bits per heavy atom. The first-order chi connectivity index (χ1) is 12.5. The Kier molecular flexibility index (Phi) is 8.94. The predicted octanol–water partition coefficient (Wildman–Crippen LogP) is 4.55. The number of aryl methyl sites for hydroxylation is 1. The average Bonchev–Trinajstić information content (AvgIpc) is 2.95. The van der Waals surface area contributed by atoms with Crippen LogP contribution in [0.3, 0.4) is 0 Å². The number of halogens is 2. The van der Waals surface area contributed by atoms with Crippen molar-refractivity contribution in [2.24, 2.45) is 5.84 Å². The van der Waals surface area contributed by atoms with Crippen LogP contribution in [-0.4, -0.2) is 24.0 Å². The van der Waals surface area contributed by atoms with Crippen molar-refractivity contribution in [2.75, 3.05) is 19.6 Å².